The van der Waals surface area contributed by atoms with E-state index in [4.69, 9.17) is 4.74 Å². The molecule has 0 spiro atoms. The first-order valence-electron chi connectivity index (χ1n) is 10.2. The van der Waals surface area contributed by atoms with Crippen molar-refractivity contribution in [3.63, 3.8) is 0 Å². The Morgan fingerprint density at radius 3 is 2.77 bits per heavy atom. The van der Waals surface area contributed by atoms with Crippen LogP contribution in [0, 0.1) is 6.92 Å². The van der Waals surface area contributed by atoms with Gasteiger partial charge in [0.15, 0.2) is 0 Å². The Bertz CT molecular complexity index is 1030. The number of rotatable bonds is 4. The molecule has 1 aromatic heterocycles. The van der Waals surface area contributed by atoms with Crippen molar-refractivity contribution >= 4 is 18.1 Å². The number of piperidine rings is 1. The number of hydrogen-bond acceptors (Lipinski definition) is 5. The second kappa shape index (κ2) is 8.43. The summed E-state index contributed by atoms with van der Waals surface area (Å²) in [6, 6.07) is 5.19. The smallest absolute Gasteiger partial charge is 0.407 e. The predicted octanol–water partition coefficient (Wildman–Crippen LogP) is 1.92. The number of hydrogen-bond donors (Lipinski definition) is 2. The van der Waals surface area contributed by atoms with Crippen molar-refractivity contribution in [2.45, 2.75) is 31.9 Å². The van der Waals surface area contributed by atoms with Crippen LogP contribution >= 0.6 is 0 Å². The van der Waals surface area contributed by atoms with Gasteiger partial charge < -0.3 is 29.3 Å². The summed E-state index contributed by atoms with van der Waals surface area (Å²) in [5.41, 5.74) is 3.23. The first-order chi connectivity index (χ1) is 14.9. The molecule has 9 nitrogen and oxygen atoms in total. The van der Waals surface area contributed by atoms with E-state index < -0.39 is 18.2 Å². The average Bonchev–Trinajstić information content (AvgIpc) is 3.35. The zero-order valence-corrected chi connectivity index (χ0v) is 17.6. The van der Waals surface area contributed by atoms with Gasteiger partial charge in [-0.05, 0) is 43.5 Å². The highest BCUT2D eigenvalue weighted by atomic mass is 16.5. The molecule has 0 aliphatic carbocycles. The maximum Gasteiger partial charge on any atom is 0.407 e. The molecule has 4 rings (SSSR count). The second-order valence-corrected chi connectivity index (χ2v) is 7.95. The van der Waals surface area contributed by atoms with Crippen LogP contribution in [0.2, 0.25) is 0 Å². The maximum atomic E-state index is 13.1. The molecule has 1 aromatic carbocycles. The van der Waals surface area contributed by atoms with E-state index in [1.54, 1.807) is 18.3 Å². The molecular weight excluding hydrogens is 400 g/mol. The molecule has 0 saturated carbocycles. The van der Waals surface area contributed by atoms with Gasteiger partial charge in [-0.3, -0.25) is 4.79 Å². The lowest BCUT2D eigenvalue weighted by atomic mass is 9.98. The van der Waals surface area contributed by atoms with Gasteiger partial charge in [0.1, 0.15) is 5.75 Å². The van der Waals surface area contributed by atoms with E-state index >= 15 is 0 Å². The van der Waals surface area contributed by atoms with E-state index in [2.05, 4.69) is 4.98 Å². The van der Waals surface area contributed by atoms with E-state index in [1.165, 1.54) is 0 Å². The van der Waals surface area contributed by atoms with Crippen molar-refractivity contribution in [1.29, 1.82) is 0 Å². The van der Waals surface area contributed by atoms with Crippen molar-refractivity contribution in [3.8, 4) is 11.4 Å². The number of nitrogens with zero attached hydrogens (tertiary/aromatic N) is 4. The Morgan fingerprint density at radius 1 is 1.32 bits per heavy atom. The van der Waals surface area contributed by atoms with Gasteiger partial charge in [0.05, 0.1) is 43.5 Å². The molecule has 2 atom stereocenters. The number of carboxylic acid groups (broad SMARTS) is 1. The van der Waals surface area contributed by atoms with Crippen LogP contribution in [0.25, 0.3) is 11.8 Å². The number of likely N-dealkylation sites (tertiary alicyclic amines) is 2. The molecule has 164 valence electrons. The lowest BCUT2D eigenvalue weighted by Crippen LogP contribution is -2.49. The van der Waals surface area contributed by atoms with Crippen molar-refractivity contribution in [2.75, 3.05) is 26.7 Å². The van der Waals surface area contributed by atoms with Gasteiger partial charge in [-0.25, -0.2) is 9.78 Å². The van der Waals surface area contributed by atoms with Crippen LogP contribution in [0.5, 0.6) is 5.75 Å². The minimum Gasteiger partial charge on any atom is -0.495 e. The highest BCUT2D eigenvalue weighted by Gasteiger charge is 2.41. The predicted molar refractivity (Wildman–Crippen MR) is 113 cm³/mol. The third kappa shape index (κ3) is 4.13. The zero-order chi connectivity index (χ0) is 22.1. The van der Waals surface area contributed by atoms with Gasteiger partial charge in [0.25, 0.3) is 0 Å². The van der Waals surface area contributed by atoms with Crippen molar-refractivity contribution in [1.82, 2.24) is 19.4 Å². The lowest BCUT2D eigenvalue weighted by Gasteiger charge is -2.34. The Labute approximate surface area is 180 Å². The molecule has 2 aliphatic rings. The van der Waals surface area contributed by atoms with Gasteiger partial charge in [-0.15, -0.1) is 0 Å². The number of β-amino-alcohol motifs (C(OH)–C–C–N with tert-alkyl or cyclic N) is 1. The molecule has 2 fully saturated rings. The average molecular weight is 426 g/mol. The number of carbonyl (C=O) groups excluding carboxylic acids is 1. The molecule has 0 radical (unpaired) electrons. The topological polar surface area (TPSA) is 108 Å². The van der Waals surface area contributed by atoms with Crippen molar-refractivity contribution in [3.05, 3.63) is 47.6 Å². The molecule has 2 aromatic rings. The fourth-order valence-electron chi connectivity index (χ4n) is 4.27. The van der Waals surface area contributed by atoms with Crippen LogP contribution in [0.3, 0.4) is 0 Å². The third-order valence-electron chi connectivity index (χ3n) is 5.85. The summed E-state index contributed by atoms with van der Waals surface area (Å²) in [6.45, 7) is 2.57. The molecule has 2 saturated heterocycles. The van der Waals surface area contributed by atoms with E-state index in [1.807, 2.05) is 42.0 Å². The van der Waals surface area contributed by atoms with Gasteiger partial charge >= 0.3 is 6.09 Å². The maximum absolute atomic E-state index is 13.1. The molecule has 0 bridgehead atoms. The number of aliphatic hydroxyl groups is 1. The molecule has 2 aliphatic heterocycles. The van der Waals surface area contributed by atoms with Crippen LogP contribution < -0.4 is 4.74 Å². The minimum absolute atomic E-state index is 0.0230. The van der Waals surface area contributed by atoms with Crippen LogP contribution in [0.15, 0.2) is 36.3 Å². The number of ether oxygens (including phenoxy) is 1. The number of benzene rings is 1. The number of carbonyl (C=O) groups is 2. The summed E-state index contributed by atoms with van der Waals surface area (Å²) in [5, 5.41) is 19.5. The second-order valence-electron chi connectivity index (χ2n) is 7.95. The van der Waals surface area contributed by atoms with Crippen LogP contribution in [-0.4, -0.2) is 80.5 Å². The van der Waals surface area contributed by atoms with Crippen LogP contribution in [-0.2, 0) is 4.79 Å². The molecule has 2 unspecified atom stereocenters. The van der Waals surface area contributed by atoms with Crippen LogP contribution in [0.4, 0.5) is 4.79 Å². The van der Waals surface area contributed by atoms with Gasteiger partial charge in [0.2, 0.25) is 5.91 Å². The van der Waals surface area contributed by atoms with Gasteiger partial charge in [0, 0.05) is 24.9 Å². The monoisotopic (exact) mass is 426 g/mol. The zero-order valence-electron chi connectivity index (χ0n) is 17.6. The summed E-state index contributed by atoms with van der Waals surface area (Å²) in [5.74, 6) is 0.506. The largest absolute Gasteiger partial charge is 0.495 e. The first kappa shape index (κ1) is 20.9. The van der Waals surface area contributed by atoms with Crippen molar-refractivity contribution in [2.24, 2.45) is 0 Å². The lowest BCUT2D eigenvalue weighted by molar-refractivity contribution is -0.132. The highest BCUT2D eigenvalue weighted by molar-refractivity contribution is 5.99. The van der Waals surface area contributed by atoms with Crippen molar-refractivity contribution < 1.29 is 24.5 Å². The first-order valence-corrected chi connectivity index (χ1v) is 10.2. The fraction of sp³-hybridized carbons (Fsp3) is 0.409. The summed E-state index contributed by atoms with van der Waals surface area (Å²) in [7, 11) is 1.60. The molecular formula is C22H26N4O5. The Kier molecular flexibility index (Phi) is 5.69. The summed E-state index contributed by atoms with van der Waals surface area (Å²) >= 11 is 0. The SMILES string of the molecule is COc1cc(/C=C2\CCCN(C3CN(C(=O)O)CC3O)C2=O)ccc1-n1cnc(C)c1. The van der Waals surface area contributed by atoms with E-state index in [0.717, 1.165) is 28.3 Å². The molecule has 2 amide bonds. The van der Waals surface area contributed by atoms with Crippen LogP contribution in [0.1, 0.15) is 24.1 Å². The normalized spacial score (nSPS) is 22.9. The van der Waals surface area contributed by atoms with Gasteiger partial charge in [-0.1, -0.05) is 6.07 Å². The number of aromatic nitrogens is 2. The number of imidazole rings is 1. The Morgan fingerprint density at radius 2 is 2.13 bits per heavy atom. The molecule has 3 heterocycles. The van der Waals surface area contributed by atoms with E-state index in [9.17, 15) is 19.8 Å². The molecule has 9 heteroatoms. The summed E-state index contributed by atoms with van der Waals surface area (Å²) in [6.07, 6.45) is 4.91. The van der Waals surface area contributed by atoms with E-state index in [-0.39, 0.29) is 19.0 Å². The third-order valence-corrected chi connectivity index (χ3v) is 5.85. The number of aryl methyl sites for hydroxylation is 1. The summed E-state index contributed by atoms with van der Waals surface area (Å²) < 4.78 is 7.43. The van der Waals surface area contributed by atoms with Gasteiger partial charge in [-0.2, -0.15) is 0 Å². The number of aliphatic hydroxyl groups excluding tert-OH is 1. The molecule has 31 heavy (non-hydrogen) atoms. The quantitative estimate of drug-likeness (QED) is 0.723. The fourth-order valence-corrected chi connectivity index (χ4v) is 4.27. The molecule has 2 N–H and O–H groups in total. The number of amides is 2. The Balaban J connectivity index is 1.57. The van der Waals surface area contributed by atoms with E-state index in [0.29, 0.717) is 24.3 Å². The Hall–Kier alpha value is -3.33. The minimum atomic E-state index is -1.08. The highest BCUT2D eigenvalue weighted by Crippen LogP contribution is 2.29. The summed E-state index contributed by atoms with van der Waals surface area (Å²) in [4.78, 5) is 31.4. The standard InChI is InChI=1S/C22H26N4O5/c1-14-10-25(13-23-14)17-6-5-15(9-20(17)31-2)8-16-4-3-7-26(21(16)28)18-11-24(22(29)30)12-19(18)27/h5-6,8-10,13,18-19,27H,3-4,7,11-12H2,1-2H3,(H,29,30)/b16-8+. The number of methoxy groups -OCH3 is 1.